The number of ether oxygens (including phenoxy) is 1. The normalized spacial score (nSPS) is 10.2. The summed E-state index contributed by atoms with van der Waals surface area (Å²) >= 11 is 3.37. The van der Waals surface area contributed by atoms with Gasteiger partial charge in [0.15, 0.2) is 0 Å². The predicted molar refractivity (Wildman–Crippen MR) is 68.0 cm³/mol. The summed E-state index contributed by atoms with van der Waals surface area (Å²) in [7, 11) is 1.19. The van der Waals surface area contributed by atoms with Crippen LogP contribution in [0.3, 0.4) is 0 Å². The van der Waals surface area contributed by atoms with Gasteiger partial charge in [0.1, 0.15) is 0 Å². The molecule has 17 heavy (non-hydrogen) atoms. The van der Waals surface area contributed by atoms with Gasteiger partial charge in [0.25, 0.3) is 5.78 Å². The van der Waals surface area contributed by atoms with Gasteiger partial charge in [0.2, 0.25) is 0 Å². The van der Waals surface area contributed by atoms with Crippen molar-refractivity contribution in [1.82, 2.24) is 0 Å². The van der Waals surface area contributed by atoms with Crippen LogP contribution in [0.4, 0.5) is 0 Å². The van der Waals surface area contributed by atoms with Gasteiger partial charge in [-0.3, -0.25) is 4.79 Å². The van der Waals surface area contributed by atoms with Crippen LogP contribution < -0.4 is 0 Å². The summed E-state index contributed by atoms with van der Waals surface area (Å²) < 4.78 is 5.37. The van der Waals surface area contributed by atoms with Crippen LogP contribution >= 0.6 is 15.9 Å². The highest BCUT2D eigenvalue weighted by atomic mass is 79.9. The molecule has 0 radical (unpaired) electrons. The summed E-state index contributed by atoms with van der Waals surface area (Å²) in [5, 5.41) is 1.91. The molecule has 0 saturated heterocycles. The minimum absolute atomic E-state index is 0.340. The van der Waals surface area contributed by atoms with Crippen molar-refractivity contribution in [2.45, 2.75) is 0 Å². The van der Waals surface area contributed by atoms with Crippen LogP contribution in [0.15, 0.2) is 40.9 Å². The second-order valence-corrected chi connectivity index (χ2v) is 4.44. The van der Waals surface area contributed by atoms with Gasteiger partial charge in [-0.2, -0.15) is 0 Å². The first-order valence-corrected chi connectivity index (χ1v) is 5.73. The standard InChI is InChI=1S/C13H9BrO3/c1-17-13(16)12(15)10-3-2-9-7-11(14)5-4-8(9)6-10/h2-7H,1H3. The molecule has 3 nitrogen and oxygen atoms in total. The molecule has 0 unspecified atom stereocenters. The Bertz CT molecular complexity index is 605. The maximum atomic E-state index is 11.6. The van der Waals surface area contributed by atoms with Crippen molar-refractivity contribution in [2.24, 2.45) is 0 Å². The predicted octanol–water partition coefficient (Wildman–Crippen LogP) is 2.96. The van der Waals surface area contributed by atoms with Gasteiger partial charge in [-0.1, -0.05) is 34.1 Å². The molecule has 0 aliphatic carbocycles. The lowest BCUT2D eigenvalue weighted by atomic mass is 10.0. The van der Waals surface area contributed by atoms with E-state index in [2.05, 4.69) is 20.7 Å². The lowest BCUT2D eigenvalue weighted by Gasteiger charge is -2.02. The number of carbonyl (C=O) groups is 2. The van der Waals surface area contributed by atoms with E-state index in [9.17, 15) is 9.59 Å². The molecule has 2 aromatic rings. The number of methoxy groups -OCH3 is 1. The van der Waals surface area contributed by atoms with E-state index < -0.39 is 11.8 Å². The molecule has 0 fully saturated rings. The Kier molecular flexibility index (Phi) is 3.24. The molecule has 0 N–H and O–H groups in total. The molecular formula is C13H9BrO3. The maximum absolute atomic E-state index is 11.6. The van der Waals surface area contributed by atoms with Crippen LogP contribution in [0.5, 0.6) is 0 Å². The zero-order valence-electron chi connectivity index (χ0n) is 9.07. The van der Waals surface area contributed by atoms with E-state index in [1.54, 1.807) is 18.2 Å². The van der Waals surface area contributed by atoms with E-state index in [4.69, 9.17) is 0 Å². The van der Waals surface area contributed by atoms with Gasteiger partial charge < -0.3 is 4.74 Å². The first-order valence-electron chi connectivity index (χ1n) is 4.94. The van der Waals surface area contributed by atoms with Gasteiger partial charge in [-0.25, -0.2) is 4.79 Å². The third-order valence-electron chi connectivity index (χ3n) is 2.44. The molecule has 0 aromatic heterocycles. The van der Waals surface area contributed by atoms with Gasteiger partial charge in [0.05, 0.1) is 7.11 Å². The number of hydrogen-bond acceptors (Lipinski definition) is 3. The van der Waals surface area contributed by atoms with Crippen LogP contribution in [-0.4, -0.2) is 18.9 Å². The number of esters is 1. The van der Waals surface area contributed by atoms with E-state index in [-0.39, 0.29) is 0 Å². The quantitative estimate of drug-likeness (QED) is 0.486. The van der Waals surface area contributed by atoms with Crippen LogP contribution in [0.1, 0.15) is 10.4 Å². The third kappa shape index (κ3) is 2.36. The summed E-state index contributed by atoms with van der Waals surface area (Å²) in [6.07, 6.45) is 0. The van der Waals surface area contributed by atoms with E-state index in [0.29, 0.717) is 5.56 Å². The second kappa shape index (κ2) is 4.67. The number of halogens is 1. The highest BCUT2D eigenvalue weighted by Gasteiger charge is 2.16. The van der Waals surface area contributed by atoms with Gasteiger partial charge in [-0.05, 0) is 29.0 Å². The van der Waals surface area contributed by atoms with Crippen molar-refractivity contribution in [3.05, 3.63) is 46.4 Å². The minimum Gasteiger partial charge on any atom is -0.463 e. The SMILES string of the molecule is COC(=O)C(=O)c1ccc2cc(Br)ccc2c1. The molecule has 4 heteroatoms. The molecule has 0 saturated carbocycles. The molecule has 0 spiro atoms. The maximum Gasteiger partial charge on any atom is 0.379 e. The number of fused-ring (bicyclic) bond motifs is 1. The van der Waals surface area contributed by atoms with Crippen molar-refractivity contribution in [1.29, 1.82) is 0 Å². The average Bonchev–Trinajstić information content (AvgIpc) is 2.36. The van der Waals surface area contributed by atoms with E-state index in [1.807, 2.05) is 18.2 Å². The summed E-state index contributed by atoms with van der Waals surface area (Å²) in [5.74, 6) is -1.47. The Labute approximate surface area is 107 Å². The first-order chi connectivity index (χ1) is 8.11. The number of benzene rings is 2. The van der Waals surface area contributed by atoms with Crippen molar-refractivity contribution in [3.63, 3.8) is 0 Å². The van der Waals surface area contributed by atoms with E-state index >= 15 is 0 Å². The van der Waals surface area contributed by atoms with E-state index in [0.717, 1.165) is 15.2 Å². The monoisotopic (exact) mass is 292 g/mol. The highest BCUT2D eigenvalue weighted by molar-refractivity contribution is 9.10. The van der Waals surface area contributed by atoms with Crippen molar-refractivity contribution >= 4 is 38.5 Å². The van der Waals surface area contributed by atoms with Gasteiger partial charge in [-0.15, -0.1) is 0 Å². The third-order valence-corrected chi connectivity index (χ3v) is 2.93. The van der Waals surface area contributed by atoms with Gasteiger partial charge in [0, 0.05) is 10.0 Å². The number of Topliss-reactive ketones (excluding diaryl/α,β-unsaturated/α-hetero) is 1. The fourth-order valence-corrected chi connectivity index (χ4v) is 1.95. The van der Waals surface area contributed by atoms with Crippen LogP contribution in [0.2, 0.25) is 0 Å². The van der Waals surface area contributed by atoms with E-state index in [1.165, 1.54) is 7.11 Å². The summed E-state index contributed by atoms with van der Waals surface area (Å²) in [5.41, 5.74) is 0.340. The van der Waals surface area contributed by atoms with Crippen LogP contribution in [0.25, 0.3) is 10.8 Å². The largest absolute Gasteiger partial charge is 0.463 e. The molecule has 0 heterocycles. The molecule has 0 amide bonds. The number of rotatable bonds is 2. The smallest absolute Gasteiger partial charge is 0.379 e. The van der Waals surface area contributed by atoms with Crippen molar-refractivity contribution < 1.29 is 14.3 Å². The lowest BCUT2D eigenvalue weighted by Crippen LogP contribution is -2.15. The second-order valence-electron chi connectivity index (χ2n) is 3.53. The molecule has 0 aliphatic rings. The fraction of sp³-hybridized carbons (Fsp3) is 0.0769. The minimum atomic E-state index is -0.846. The molecule has 0 atom stereocenters. The lowest BCUT2D eigenvalue weighted by molar-refractivity contribution is -0.135. The molecule has 0 bridgehead atoms. The highest BCUT2D eigenvalue weighted by Crippen LogP contribution is 2.21. The van der Waals surface area contributed by atoms with Gasteiger partial charge >= 0.3 is 5.97 Å². The van der Waals surface area contributed by atoms with Crippen LogP contribution in [-0.2, 0) is 9.53 Å². The fourth-order valence-electron chi connectivity index (χ4n) is 1.57. The number of carbonyl (C=O) groups excluding carboxylic acids is 2. The topological polar surface area (TPSA) is 43.4 Å². The number of hydrogen-bond donors (Lipinski definition) is 0. The molecule has 2 rings (SSSR count). The zero-order chi connectivity index (χ0) is 12.4. The Balaban J connectivity index is 2.48. The molecule has 2 aromatic carbocycles. The first kappa shape index (κ1) is 11.8. The Morgan fingerprint density at radius 3 is 2.41 bits per heavy atom. The Hall–Kier alpha value is -1.68. The van der Waals surface area contributed by atoms with Crippen LogP contribution in [0, 0.1) is 0 Å². The van der Waals surface area contributed by atoms with Crippen molar-refractivity contribution in [3.8, 4) is 0 Å². The summed E-state index contributed by atoms with van der Waals surface area (Å²) in [6, 6.07) is 10.8. The van der Waals surface area contributed by atoms with Crippen molar-refractivity contribution in [2.75, 3.05) is 7.11 Å². The number of ketones is 1. The Morgan fingerprint density at radius 1 is 1.06 bits per heavy atom. The summed E-state index contributed by atoms with van der Waals surface area (Å²) in [4.78, 5) is 22.7. The molecule has 86 valence electrons. The molecular weight excluding hydrogens is 284 g/mol. The Morgan fingerprint density at radius 2 is 1.71 bits per heavy atom. The zero-order valence-corrected chi connectivity index (χ0v) is 10.7. The average molecular weight is 293 g/mol. The summed E-state index contributed by atoms with van der Waals surface area (Å²) in [6.45, 7) is 0. The molecule has 0 aliphatic heterocycles.